The Kier molecular flexibility index (Phi) is 4.88. The van der Waals surface area contributed by atoms with E-state index in [1.165, 1.54) is 0 Å². The van der Waals surface area contributed by atoms with Crippen molar-refractivity contribution in [3.05, 3.63) is 0 Å². The molecule has 0 aliphatic carbocycles. The van der Waals surface area contributed by atoms with Gasteiger partial charge in [0.25, 0.3) is 0 Å². The number of carbonyl (C=O) groups excluding carboxylic acids is 1. The van der Waals surface area contributed by atoms with E-state index < -0.39 is 0 Å². The van der Waals surface area contributed by atoms with Crippen LogP contribution in [0.25, 0.3) is 0 Å². The van der Waals surface area contributed by atoms with Gasteiger partial charge in [-0.3, -0.25) is 4.79 Å². The van der Waals surface area contributed by atoms with Gasteiger partial charge >= 0.3 is 0 Å². The van der Waals surface area contributed by atoms with Gasteiger partial charge in [-0.05, 0) is 19.4 Å². The van der Waals surface area contributed by atoms with Crippen molar-refractivity contribution in [2.24, 2.45) is 17.2 Å². The Balaban J connectivity index is 3.25. The van der Waals surface area contributed by atoms with Crippen molar-refractivity contribution in [2.45, 2.75) is 25.3 Å². The third kappa shape index (κ3) is 5.53. The highest BCUT2D eigenvalue weighted by atomic mass is 16.2. The van der Waals surface area contributed by atoms with Crippen LogP contribution in [0.5, 0.6) is 0 Å². The first-order chi connectivity index (χ1) is 4.66. The summed E-state index contributed by atoms with van der Waals surface area (Å²) < 4.78 is 0. The van der Waals surface area contributed by atoms with Crippen LogP contribution in [-0.4, -0.2) is 18.5 Å². The maximum absolute atomic E-state index is 10.3. The molecule has 4 nitrogen and oxygen atoms in total. The van der Waals surface area contributed by atoms with Gasteiger partial charge in [-0.1, -0.05) is 0 Å². The average molecular weight is 147 g/mol. The molecule has 1 atom stereocenters. The van der Waals surface area contributed by atoms with Gasteiger partial charge in [0.05, 0.1) is 0 Å². The molecule has 0 fully saturated rings. The molecule has 0 aromatic rings. The topological polar surface area (TPSA) is 95.1 Å². The predicted octanol–water partition coefficient (Wildman–Crippen LogP) is -1.07. The summed E-state index contributed by atoms with van der Waals surface area (Å²) in [6, 6.07) is -0.110. The summed E-state index contributed by atoms with van der Waals surface area (Å²) in [4.78, 5) is 10.3. The summed E-state index contributed by atoms with van der Waals surface area (Å²) in [5.41, 5.74) is 15.7. The first-order valence-electron chi connectivity index (χ1n) is 3.40. The molecule has 0 saturated carbocycles. The second kappa shape index (κ2) is 5.20. The molecular weight excluding hydrogens is 132 g/mol. The van der Waals surface area contributed by atoms with Crippen LogP contribution in [0.15, 0.2) is 0 Å². The lowest BCUT2D eigenvalue weighted by molar-refractivity contribution is -0.118. The minimum absolute atomic E-state index is 0.110. The van der Waals surface area contributed by atoms with Gasteiger partial charge in [0, 0.05) is 12.5 Å². The van der Waals surface area contributed by atoms with Gasteiger partial charge in [-0.15, -0.1) is 0 Å². The monoisotopic (exact) mass is 147 g/mol. The molecule has 0 heterocycles. The molecule has 0 bridgehead atoms. The molecule has 1 amide bonds. The first kappa shape index (κ1) is 9.39. The molecular formula is C6H15N3O. The average Bonchev–Trinajstić information content (AvgIpc) is 1.82. The van der Waals surface area contributed by atoms with Crippen LogP contribution in [0, 0.1) is 0 Å². The van der Waals surface area contributed by atoms with E-state index in [1.54, 1.807) is 0 Å². The molecule has 0 aromatic heterocycles. The maximum Gasteiger partial charge on any atom is 0.218 e. The Hall–Kier alpha value is -0.610. The van der Waals surface area contributed by atoms with E-state index in [1.807, 2.05) is 0 Å². The third-order valence-corrected chi connectivity index (χ3v) is 1.24. The van der Waals surface area contributed by atoms with E-state index in [2.05, 4.69) is 0 Å². The number of hydrogen-bond donors (Lipinski definition) is 3. The van der Waals surface area contributed by atoms with E-state index in [0.717, 1.165) is 12.8 Å². The van der Waals surface area contributed by atoms with Gasteiger partial charge in [0.1, 0.15) is 0 Å². The van der Waals surface area contributed by atoms with Crippen molar-refractivity contribution in [3.63, 3.8) is 0 Å². The summed E-state index contributed by atoms with van der Waals surface area (Å²) in [6.07, 6.45) is 1.90. The van der Waals surface area contributed by atoms with Gasteiger partial charge in [-0.25, -0.2) is 0 Å². The Morgan fingerprint density at radius 2 is 2.10 bits per heavy atom. The molecule has 10 heavy (non-hydrogen) atoms. The molecule has 0 unspecified atom stereocenters. The van der Waals surface area contributed by atoms with E-state index in [9.17, 15) is 4.79 Å². The van der Waals surface area contributed by atoms with Crippen LogP contribution >= 0.6 is 0 Å². The van der Waals surface area contributed by atoms with Crippen LogP contribution < -0.4 is 17.2 Å². The highest BCUT2D eigenvalue weighted by Crippen LogP contribution is 1.96. The number of primary amides is 1. The first-order valence-corrected chi connectivity index (χ1v) is 3.40. The fraction of sp³-hybridized carbons (Fsp3) is 0.833. The van der Waals surface area contributed by atoms with E-state index in [-0.39, 0.29) is 18.4 Å². The molecule has 0 aliphatic rings. The van der Waals surface area contributed by atoms with Crippen LogP contribution in [0.4, 0.5) is 0 Å². The number of rotatable bonds is 5. The van der Waals surface area contributed by atoms with Crippen molar-refractivity contribution < 1.29 is 4.79 Å². The fourth-order valence-electron chi connectivity index (χ4n) is 0.741. The minimum atomic E-state index is -0.343. The van der Waals surface area contributed by atoms with Crippen LogP contribution in [0.1, 0.15) is 19.3 Å². The van der Waals surface area contributed by atoms with Crippen molar-refractivity contribution in [1.82, 2.24) is 0 Å². The van der Waals surface area contributed by atoms with Crippen LogP contribution in [0.3, 0.4) is 0 Å². The normalized spacial score (nSPS) is 13.0. The zero-order chi connectivity index (χ0) is 7.98. The van der Waals surface area contributed by atoms with Gasteiger partial charge in [0.15, 0.2) is 0 Å². The Morgan fingerprint density at radius 3 is 2.50 bits per heavy atom. The number of amides is 1. The maximum atomic E-state index is 10.3. The highest BCUT2D eigenvalue weighted by molar-refractivity contribution is 5.74. The Labute approximate surface area is 60.7 Å². The van der Waals surface area contributed by atoms with Crippen molar-refractivity contribution in [1.29, 1.82) is 0 Å². The summed E-state index contributed by atoms with van der Waals surface area (Å²) in [6.45, 7) is 0.618. The van der Waals surface area contributed by atoms with Gasteiger partial charge in [-0.2, -0.15) is 0 Å². The van der Waals surface area contributed by atoms with Gasteiger partial charge < -0.3 is 17.2 Å². The largest absolute Gasteiger partial charge is 0.370 e. The lowest BCUT2D eigenvalue weighted by atomic mass is 10.1. The molecule has 0 saturated heterocycles. The quantitative estimate of drug-likeness (QED) is 0.341. The summed E-state index contributed by atoms with van der Waals surface area (Å²) in [5.74, 6) is -0.343. The number of nitrogens with two attached hydrogens (primary N) is 3. The lowest BCUT2D eigenvalue weighted by Crippen LogP contribution is -2.27. The molecule has 0 radical (unpaired) electrons. The zero-order valence-corrected chi connectivity index (χ0v) is 6.05. The standard InChI is InChI=1S/C6H15N3O/c7-3-1-2-5(8)4-6(9)10/h5H,1-4,7-8H2,(H2,9,10)/t5-/m1/s1/i6+1,9+1. The Morgan fingerprint density at radius 1 is 1.50 bits per heavy atom. The predicted molar refractivity (Wildman–Crippen MR) is 40.1 cm³/mol. The van der Waals surface area contributed by atoms with Crippen LogP contribution in [0.2, 0.25) is 0 Å². The third-order valence-electron chi connectivity index (χ3n) is 1.24. The summed E-state index contributed by atoms with van der Waals surface area (Å²) >= 11 is 0. The highest BCUT2D eigenvalue weighted by Gasteiger charge is 2.04. The Bertz CT molecular complexity index is 105. The SMILES string of the molecule is NCCC[C@@H](N)C[13C]([15NH2])=O. The number of carbonyl (C=O) groups is 1. The second-order valence-electron chi connectivity index (χ2n) is 2.36. The lowest BCUT2D eigenvalue weighted by Gasteiger charge is -2.06. The van der Waals surface area contributed by atoms with E-state index in [0.29, 0.717) is 6.54 Å². The second-order valence-corrected chi connectivity index (χ2v) is 2.36. The van der Waals surface area contributed by atoms with E-state index >= 15 is 0 Å². The zero-order valence-electron chi connectivity index (χ0n) is 6.05. The number of hydrogen-bond acceptors (Lipinski definition) is 3. The summed E-state index contributed by atoms with van der Waals surface area (Å²) in [5, 5.41) is 0. The molecule has 0 aromatic carbocycles. The summed E-state index contributed by atoms with van der Waals surface area (Å²) in [7, 11) is 0. The molecule has 0 rings (SSSR count). The van der Waals surface area contributed by atoms with Gasteiger partial charge in [0.2, 0.25) is 5.91 Å². The minimum Gasteiger partial charge on any atom is -0.370 e. The molecule has 6 N–H and O–H groups in total. The van der Waals surface area contributed by atoms with Crippen molar-refractivity contribution in [2.75, 3.05) is 6.54 Å². The fourth-order valence-corrected chi connectivity index (χ4v) is 0.741. The molecule has 0 aliphatic heterocycles. The van der Waals surface area contributed by atoms with Crippen molar-refractivity contribution >= 4 is 5.91 Å². The van der Waals surface area contributed by atoms with Crippen molar-refractivity contribution in [3.8, 4) is 0 Å². The molecule has 60 valence electrons. The molecule has 0 spiro atoms. The molecule has 4 heteroatoms. The smallest absolute Gasteiger partial charge is 0.218 e. The van der Waals surface area contributed by atoms with Crippen LogP contribution in [-0.2, 0) is 4.79 Å². The van der Waals surface area contributed by atoms with E-state index in [4.69, 9.17) is 17.2 Å².